The van der Waals surface area contributed by atoms with Crippen molar-refractivity contribution >= 4 is 69.5 Å². The summed E-state index contributed by atoms with van der Waals surface area (Å²) < 4.78 is 1.91. The number of benzene rings is 1. The zero-order chi connectivity index (χ0) is 19.0. The standard InChI is InChI=1S/C18H13Cl2N5S2/c1-10-23-24-18(25(10)2)27-17-14(6-5-11-4-3-7-26-11)21-15-8-12(19)13(20)9-16(15)22-17/h3-9H,1-2H3. The molecule has 0 saturated heterocycles. The van der Waals surface area contributed by atoms with Crippen molar-refractivity contribution in [1.82, 2.24) is 24.7 Å². The van der Waals surface area contributed by atoms with Gasteiger partial charge < -0.3 is 4.57 Å². The molecule has 0 aliphatic rings. The molecule has 3 aromatic heterocycles. The van der Waals surface area contributed by atoms with Crippen LogP contribution in [0.1, 0.15) is 16.4 Å². The fourth-order valence-electron chi connectivity index (χ4n) is 2.34. The molecule has 4 aromatic rings. The quantitative estimate of drug-likeness (QED) is 0.409. The monoisotopic (exact) mass is 433 g/mol. The van der Waals surface area contributed by atoms with Gasteiger partial charge in [0.2, 0.25) is 0 Å². The number of hydrogen-bond donors (Lipinski definition) is 0. The molecule has 0 aliphatic heterocycles. The van der Waals surface area contributed by atoms with Gasteiger partial charge in [-0.15, -0.1) is 21.5 Å². The highest BCUT2D eigenvalue weighted by atomic mass is 35.5. The van der Waals surface area contributed by atoms with Gasteiger partial charge in [-0.3, -0.25) is 0 Å². The first-order valence-electron chi connectivity index (χ1n) is 7.93. The Morgan fingerprint density at radius 1 is 1.07 bits per heavy atom. The van der Waals surface area contributed by atoms with Gasteiger partial charge in [-0.2, -0.15) is 0 Å². The lowest BCUT2D eigenvalue weighted by atomic mass is 10.2. The van der Waals surface area contributed by atoms with Gasteiger partial charge in [-0.25, -0.2) is 9.97 Å². The Balaban J connectivity index is 1.83. The van der Waals surface area contributed by atoms with Crippen LogP contribution in [0, 0.1) is 6.92 Å². The molecule has 0 radical (unpaired) electrons. The Morgan fingerprint density at radius 3 is 2.44 bits per heavy atom. The van der Waals surface area contributed by atoms with E-state index in [0.29, 0.717) is 21.1 Å². The smallest absolute Gasteiger partial charge is 0.197 e. The summed E-state index contributed by atoms with van der Waals surface area (Å²) in [5, 5.41) is 12.7. The van der Waals surface area contributed by atoms with Gasteiger partial charge in [0, 0.05) is 11.9 Å². The van der Waals surface area contributed by atoms with Crippen LogP contribution in [0.15, 0.2) is 39.8 Å². The van der Waals surface area contributed by atoms with E-state index in [1.54, 1.807) is 23.5 Å². The van der Waals surface area contributed by atoms with E-state index in [1.807, 2.05) is 48.2 Å². The SMILES string of the molecule is Cc1nnc(Sc2nc3cc(Cl)c(Cl)cc3nc2C=Cc2cccs2)n1C. The molecule has 0 bridgehead atoms. The van der Waals surface area contributed by atoms with Crippen molar-refractivity contribution in [2.24, 2.45) is 7.05 Å². The fourth-order valence-corrected chi connectivity index (χ4v) is 4.16. The number of nitrogens with zero attached hydrogens (tertiary/aromatic N) is 5. The molecule has 0 atom stereocenters. The van der Waals surface area contributed by atoms with E-state index in [9.17, 15) is 0 Å². The van der Waals surface area contributed by atoms with Crippen LogP contribution in [-0.2, 0) is 7.05 Å². The summed E-state index contributed by atoms with van der Waals surface area (Å²) in [6.45, 7) is 1.91. The third kappa shape index (κ3) is 3.87. The maximum atomic E-state index is 6.15. The molecule has 0 unspecified atom stereocenters. The third-order valence-corrected chi connectivity index (χ3v) is 6.48. The van der Waals surface area contributed by atoms with Crippen LogP contribution >= 0.6 is 46.3 Å². The van der Waals surface area contributed by atoms with Gasteiger partial charge in [0.1, 0.15) is 10.9 Å². The van der Waals surface area contributed by atoms with Gasteiger partial charge in [-0.05, 0) is 54.4 Å². The van der Waals surface area contributed by atoms with Crippen molar-refractivity contribution in [2.45, 2.75) is 17.1 Å². The van der Waals surface area contributed by atoms with Crippen LogP contribution in [0.25, 0.3) is 23.2 Å². The second-order valence-electron chi connectivity index (χ2n) is 5.71. The van der Waals surface area contributed by atoms with Crippen LogP contribution in [0.3, 0.4) is 0 Å². The first kappa shape index (κ1) is 18.4. The van der Waals surface area contributed by atoms with Gasteiger partial charge in [-0.1, -0.05) is 29.3 Å². The Bertz CT molecular complexity index is 1150. The van der Waals surface area contributed by atoms with Gasteiger partial charge >= 0.3 is 0 Å². The van der Waals surface area contributed by atoms with E-state index in [-0.39, 0.29) is 0 Å². The summed E-state index contributed by atoms with van der Waals surface area (Å²) in [4.78, 5) is 10.6. The lowest BCUT2D eigenvalue weighted by Gasteiger charge is -2.07. The number of halogens is 2. The number of aromatic nitrogens is 5. The summed E-state index contributed by atoms with van der Waals surface area (Å²) in [6.07, 6.45) is 3.97. The lowest BCUT2D eigenvalue weighted by Crippen LogP contribution is -1.97. The molecule has 0 saturated carbocycles. The average molecular weight is 434 g/mol. The van der Waals surface area contributed by atoms with E-state index in [2.05, 4.69) is 10.2 Å². The fraction of sp³-hybridized carbons (Fsp3) is 0.111. The number of rotatable bonds is 4. The minimum Gasteiger partial charge on any atom is -0.309 e. The van der Waals surface area contributed by atoms with Gasteiger partial charge in [0.25, 0.3) is 0 Å². The van der Waals surface area contributed by atoms with Gasteiger partial charge in [0.05, 0.1) is 26.8 Å². The Morgan fingerprint density at radius 2 is 1.81 bits per heavy atom. The van der Waals surface area contributed by atoms with Gasteiger partial charge in [0.15, 0.2) is 5.16 Å². The Kier molecular flexibility index (Phi) is 5.19. The maximum absolute atomic E-state index is 6.15. The highest BCUT2D eigenvalue weighted by molar-refractivity contribution is 7.99. The van der Waals surface area contributed by atoms with Crippen molar-refractivity contribution in [1.29, 1.82) is 0 Å². The predicted molar refractivity (Wildman–Crippen MR) is 113 cm³/mol. The minimum atomic E-state index is 0.450. The van der Waals surface area contributed by atoms with Crippen LogP contribution < -0.4 is 0 Å². The zero-order valence-corrected chi connectivity index (χ0v) is 17.5. The number of aryl methyl sites for hydroxylation is 1. The van der Waals surface area contributed by atoms with Crippen LogP contribution in [0.2, 0.25) is 10.0 Å². The first-order valence-corrected chi connectivity index (χ1v) is 10.4. The van der Waals surface area contributed by atoms with E-state index >= 15 is 0 Å². The molecule has 0 amide bonds. The van der Waals surface area contributed by atoms with E-state index in [1.165, 1.54) is 11.8 Å². The average Bonchev–Trinajstić information content (AvgIpc) is 3.27. The summed E-state index contributed by atoms with van der Waals surface area (Å²) in [5.74, 6) is 0.830. The molecule has 4 rings (SSSR count). The normalized spacial score (nSPS) is 11.7. The number of fused-ring (bicyclic) bond motifs is 1. The molecule has 27 heavy (non-hydrogen) atoms. The summed E-state index contributed by atoms with van der Waals surface area (Å²) in [6, 6.07) is 7.52. The van der Waals surface area contributed by atoms with E-state index in [4.69, 9.17) is 33.2 Å². The highest BCUT2D eigenvalue weighted by Crippen LogP contribution is 2.32. The van der Waals surface area contributed by atoms with Crippen LogP contribution in [0.4, 0.5) is 0 Å². The molecule has 0 spiro atoms. The van der Waals surface area contributed by atoms with E-state index in [0.717, 1.165) is 26.6 Å². The predicted octanol–water partition coefficient (Wildman–Crippen LogP) is 5.76. The van der Waals surface area contributed by atoms with Crippen molar-refractivity contribution in [3.8, 4) is 0 Å². The van der Waals surface area contributed by atoms with Crippen molar-refractivity contribution in [3.05, 3.63) is 56.1 Å². The molecule has 9 heteroatoms. The molecule has 0 aliphatic carbocycles. The molecule has 0 fully saturated rings. The molecular formula is C18H13Cl2N5S2. The minimum absolute atomic E-state index is 0.450. The van der Waals surface area contributed by atoms with Crippen LogP contribution in [0.5, 0.6) is 0 Å². The summed E-state index contributed by atoms with van der Waals surface area (Å²) in [7, 11) is 1.92. The topological polar surface area (TPSA) is 56.5 Å². The second-order valence-corrected chi connectivity index (χ2v) is 8.46. The number of hydrogen-bond acceptors (Lipinski definition) is 6. The Labute approximate surface area is 174 Å². The maximum Gasteiger partial charge on any atom is 0.197 e. The zero-order valence-electron chi connectivity index (χ0n) is 14.3. The third-order valence-electron chi connectivity index (χ3n) is 3.89. The summed E-state index contributed by atoms with van der Waals surface area (Å²) >= 11 is 15.4. The highest BCUT2D eigenvalue weighted by Gasteiger charge is 2.14. The molecule has 5 nitrogen and oxygen atoms in total. The molecule has 3 heterocycles. The molecule has 0 N–H and O–H groups in total. The largest absolute Gasteiger partial charge is 0.309 e. The van der Waals surface area contributed by atoms with Crippen molar-refractivity contribution < 1.29 is 0 Å². The van der Waals surface area contributed by atoms with E-state index < -0.39 is 0 Å². The molecule has 1 aromatic carbocycles. The van der Waals surface area contributed by atoms with Crippen LogP contribution in [-0.4, -0.2) is 24.7 Å². The molecular weight excluding hydrogens is 421 g/mol. The Hall–Kier alpha value is -1.93. The van der Waals surface area contributed by atoms with Crippen molar-refractivity contribution in [3.63, 3.8) is 0 Å². The molecule has 136 valence electrons. The first-order chi connectivity index (χ1) is 13.0. The van der Waals surface area contributed by atoms with Crippen molar-refractivity contribution in [2.75, 3.05) is 0 Å². The summed E-state index contributed by atoms with van der Waals surface area (Å²) in [5.41, 5.74) is 2.10. The second kappa shape index (κ2) is 7.59. The lowest BCUT2D eigenvalue weighted by molar-refractivity contribution is 0.764. The number of thiophene rings is 1.